The van der Waals surface area contributed by atoms with Crippen LogP contribution in [0.3, 0.4) is 0 Å². The van der Waals surface area contributed by atoms with Crippen LogP contribution in [0.25, 0.3) is 0 Å². The van der Waals surface area contributed by atoms with Crippen molar-refractivity contribution >= 4 is 23.5 Å². The summed E-state index contributed by atoms with van der Waals surface area (Å²) in [6, 6.07) is 6.52. The maximum atomic E-state index is 10.7. The molecule has 0 bridgehead atoms. The number of rotatable bonds is 5. The second-order valence-corrected chi connectivity index (χ2v) is 3.86. The first-order valence-corrected chi connectivity index (χ1v) is 5.02. The molecule has 4 nitrogen and oxygen atoms in total. The fraction of sp³-hybridized carbons (Fsp3) is 0.273. The van der Waals surface area contributed by atoms with Crippen molar-refractivity contribution in [1.29, 1.82) is 0 Å². The zero-order chi connectivity index (χ0) is 12.1. The van der Waals surface area contributed by atoms with Gasteiger partial charge in [-0.05, 0) is 30.5 Å². The Morgan fingerprint density at radius 2 is 1.75 bits per heavy atom. The number of carbonyl (C=O) groups excluding carboxylic acids is 2. The minimum Gasteiger partial charge on any atom is -0.550 e. The quantitative estimate of drug-likeness (QED) is 0.688. The highest BCUT2D eigenvalue weighted by atomic mass is 35.5. The normalized spacial score (nSPS) is 12.1. The second kappa shape index (κ2) is 5.51. The molecule has 0 heterocycles. The summed E-state index contributed by atoms with van der Waals surface area (Å²) in [7, 11) is 0. The Kier molecular flexibility index (Phi) is 4.31. The molecule has 0 fully saturated rings. The molecule has 1 aromatic carbocycles. The van der Waals surface area contributed by atoms with Crippen molar-refractivity contribution in [1.82, 2.24) is 0 Å². The van der Waals surface area contributed by atoms with E-state index in [4.69, 9.17) is 11.6 Å². The van der Waals surface area contributed by atoms with Gasteiger partial charge in [0.05, 0.1) is 0 Å². The summed E-state index contributed by atoms with van der Waals surface area (Å²) in [6.07, 6.45) is -0.460. The number of aliphatic carboxylic acids is 2. The maximum Gasteiger partial charge on any atom is 0.0452 e. The molecule has 0 N–H and O–H groups in total. The van der Waals surface area contributed by atoms with E-state index in [9.17, 15) is 19.8 Å². The summed E-state index contributed by atoms with van der Waals surface area (Å²) < 4.78 is 0. The van der Waals surface area contributed by atoms with Crippen LogP contribution in [0.5, 0.6) is 0 Å². The fourth-order valence-corrected chi connectivity index (χ4v) is 1.47. The summed E-state index contributed by atoms with van der Waals surface area (Å²) in [5.74, 6) is -3.87. The van der Waals surface area contributed by atoms with Crippen molar-refractivity contribution in [2.24, 2.45) is 5.92 Å². The van der Waals surface area contributed by atoms with Crippen molar-refractivity contribution in [3.05, 3.63) is 34.9 Å². The van der Waals surface area contributed by atoms with Gasteiger partial charge in [-0.1, -0.05) is 23.7 Å². The van der Waals surface area contributed by atoms with Crippen molar-refractivity contribution in [2.75, 3.05) is 0 Å². The Morgan fingerprint density at radius 3 is 2.19 bits per heavy atom. The van der Waals surface area contributed by atoms with Crippen LogP contribution in [0.1, 0.15) is 12.0 Å². The van der Waals surface area contributed by atoms with E-state index in [-0.39, 0.29) is 6.42 Å². The number of carbonyl (C=O) groups is 2. The van der Waals surface area contributed by atoms with E-state index in [1.54, 1.807) is 24.3 Å². The molecule has 1 aromatic rings. The standard InChI is InChI=1S/C11H11ClO4/c12-9-3-1-7(2-4-9)5-8(11(15)16)6-10(13)14/h1-4,8H,5-6H2,(H,13,14)(H,15,16)/p-2/t8-/m0/s1. The lowest BCUT2D eigenvalue weighted by Crippen LogP contribution is -2.37. The van der Waals surface area contributed by atoms with E-state index in [1.165, 1.54) is 0 Å². The lowest BCUT2D eigenvalue weighted by atomic mass is 9.96. The molecule has 0 aliphatic heterocycles. The first kappa shape index (κ1) is 12.5. The Balaban J connectivity index is 2.71. The average Bonchev–Trinajstić information content (AvgIpc) is 2.19. The van der Waals surface area contributed by atoms with Crippen LogP contribution >= 0.6 is 11.6 Å². The number of hydrogen-bond donors (Lipinski definition) is 0. The Bertz CT molecular complexity index is 385. The minimum atomic E-state index is -1.40. The molecule has 0 spiro atoms. The van der Waals surface area contributed by atoms with E-state index in [0.717, 1.165) is 0 Å². The Hall–Kier alpha value is -1.55. The van der Waals surface area contributed by atoms with Gasteiger partial charge in [0, 0.05) is 22.9 Å². The highest BCUT2D eigenvalue weighted by molar-refractivity contribution is 6.30. The van der Waals surface area contributed by atoms with E-state index < -0.39 is 24.3 Å². The van der Waals surface area contributed by atoms with Crippen molar-refractivity contribution < 1.29 is 19.8 Å². The zero-order valence-electron chi connectivity index (χ0n) is 8.31. The van der Waals surface area contributed by atoms with Gasteiger partial charge in [0.15, 0.2) is 0 Å². The monoisotopic (exact) mass is 240 g/mol. The van der Waals surface area contributed by atoms with Gasteiger partial charge in [-0.2, -0.15) is 0 Å². The van der Waals surface area contributed by atoms with Crippen molar-refractivity contribution in [2.45, 2.75) is 12.8 Å². The molecule has 0 aliphatic carbocycles. The molecule has 16 heavy (non-hydrogen) atoms. The molecule has 0 aromatic heterocycles. The molecule has 0 saturated carbocycles. The highest BCUT2D eigenvalue weighted by Crippen LogP contribution is 2.15. The molecule has 86 valence electrons. The van der Waals surface area contributed by atoms with Gasteiger partial charge in [-0.15, -0.1) is 0 Å². The van der Waals surface area contributed by atoms with Crippen LogP contribution in [0.4, 0.5) is 0 Å². The van der Waals surface area contributed by atoms with Crippen LogP contribution in [-0.4, -0.2) is 11.9 Å². The molecule has 1 atom stereocenters. The second-order valence-electron chi connectivity index (χ2n) is 3.42. The smallest absolute Gasteiger partial charge is 0.0452 e. The topological polar surface area (TPSA) is 80.3 Å². The third-order valence-electron chi connectivity index (χ3n) is 2.14. The fourth-order valence-electron chi connectivity index (χ4n) is 1.35. The number of hydrogen-bond acceptors (Lipinski definition) is 4. The highest BCUT2D eigenvalue weighted by Gasteiger charge is 2.11. The van der Waals surface area contributed by atoms with Crippen molar-refractivity contribution in [3.63, 3.8) is 0 Å². The predicted octanol–water partition coefficient (Wildman–Crippen LogP) is -0.611. The predicted molar refractivity (Wildman–Crippen MR) is 53.3 cm³/mol. The summed E-state index contributed by atoms with van der Waals surface area (Å²) in [5.41, 5.74) is 0.694. The van der Waals surface area contributed by atoms with E-state index in [0.29, 0.717) is 10.6 Å². The largest absolute Gasteiger partial charge is 0.550 e. The van der Waals surface area contributed by atoms with Crippen LogP contribution in [-0.2, 0) is 16.0 Å². The van der Waals surface area contributed by atoms with Gasteiger partial charge in [-0.3, -0.25) is 0 Å². The molecular formula is C11H9ClO4-2. The zero-order valence-corrected chi connectivity index (χ0v) is 9.07. The molecule has 0 unspecified atom stereocenters. The molecule has 1 rings (SSSR count). The van der Waals surface area contributed by atoms with Gasteiger partial charge in [-0.25, -0.2) is 0 Å². The van der Waals surface area contributed by atoms with Gasteiger partial charge < -0.3 is 19.8 Å². The third kappa shape index (κ3) is 3.90. The Labute approximate surface area is 97.5 Å². The summed E-state index contributed by atoms with van der Waals surface area (Å²) in [4.78, 5) is 21.0. The van der Waals surface area contributed by atoms with Gasteiger partial charge >= 0.3 is 0 Å². The lowest BCUT2D eigenvalue weighted by molar-refractivity contribution is -0.320. The first-order valence-electron chi connectivity index (χ1n) is 4.64. The van der Waals surface area contributed by atoms with Crippen LogP contribution in [0.15, 0.2) is 24.3 Å². The number of carboxylic acids is 2. The lowest BCUT2D eigenvalue weighted by Gasteiger charge is -2.18. The van der Waals surface area contributed by atoms with Gasteiger partial charge in [0.25, 0.3) is 0 Å². The van der Waals surface area contributed by atoms with Gasteiger partial charge in [0.1, 0.15) is 0 Å². The molecule has 0 aliphatic rings. The third-order valence-corrected chi connectivity index (χ3v) is 2.39. The molecular weight excluding hydrogens is 232 g/mol. The molecule has 0 radical (unpaired) electrons. The van der Waals surface area contributed by atoms with Crippen LogP contribution < -0.4 is 10.2 Å². The van der Waals surface area contributed by atoms with Gasteiger partial charge in [0.2, 0.25) is 0 Å². The number of halogens is 1. The SMILES string of the molecule is O=C([O-])C[C@H](Cc1ccc(Cl)cc1)C(=O)[O-]. The van der Waals surface area contributed by atoms with E-state index in [1.807, 2.05) is 0 Å². The first-order chi connectivity index (χ1) is 7.49. The van der Waals surface area contributed by atoms with Crippen molar-refractivity contribution in [3.8, 4) is 0 Å². The summed E-state index contributed by atoms with van der Waals surface area (Å²) in [6.45, 7) is 0. The number of carboxylic acid groups (broad SMARTS) is 2. The molecule has 0 saturated heterocycles. The molecule has 5 heteroatoms. The summed E-state index contributed by atoms with van der Waals surface area (Å²) in [5, 5.41) is 21.5. The average molecular weight is 241 g/mol. The van der Waals surface area contributed by atoms with Crippen LogP contribution in [0.2, 0.25) is 5.02 Å². The minimum absolute atomic E-state index is 0.0908. The maximum absolute atomic E-state index is 10.7. The summed E-state index contributed by atoms with van der Waals surface area (Å²) >= 11 is 5.66. The molecule has 0 amide bonds. The Morgan fingerprint density at radius 1 is 1.19 bits per heavy atom. The number of benzene rings is 1. The van der Waals surface area contributed by atoms with E-state index in [2.05, 4.69) is 0 Å². The van der Waals surface area contributed by atoms with E-state index >= 15 is 0 Å². The van der Waals surface area contributed by atoms with Crippen LogP contribution in [0, 0.1) is 5.92 Å².